The minimum absolute atomic E-state index is 0.0191. The summed E-state index contributed by atoms with van der Waals surface area (Å²) in [4.78, 5) is 13.8. The number of benzene rings is 2. The zero-order valence-electron chi connectivity index (χ0n) is 14.6. The van der Waals surface area contributed by atoms with Crippen LogP contribution < -0.4 is 5.43 Å². The van der Waals surface area contributed by atoms with Crippen molar-refractivity contribution in [2.75, 3.05) is 20.3 Å². The van der Waals surface area contributed by atoms with Gasteiger partial charge in [-0.05, 0) is 18.2 Å². The van der Waals surface area contributed by atoms with Crippen molar-refractivity contribution in [1.82, 2.24) is 0 Å². The van der Waals surface area contributed by atoms with Crippen LogP contribution in [0.15, 0.2) is 47.3 Å². The van der Waals surface area contributed by atoms with Crippen LogP contribution >= 0.6 is 11.3 Å². The third-order valence-electron chi connectivity index (χ3n) is 4.48. The lowest BCUT2D eigenvalue weighted by molar-refractivity contribution is 0.0629. The maximum atomic E-state index is 14.7. The van der Waals surface area contributed by atoms with E-state index in [0.717, 1.165) is 21.0 Å². The lowest BCUT2D eigenvalue weighted by atomic mass is 10.1. The number of fused-ring (bicyclic) bond motifs is 5. The number of hydrogen-bond donors (Lipinski definition) is 0. The standard InChI is InChI=1S/C21H16F2O3S/c1-25-8-9-26-11-12-10-16-18-15(6-7-17(22)19(18)23)20(24)13-4-2-3-5-14(13)21(16)27-12/h2-7,10H,8-9,11H2,1H3. The minimum atomic E-state index is -1.00. The molecule has 0 N–H and O–H groups in total. The molecule has 1 heterocycles. The molecule has 0 radical (unpaired) electrons. The van der Waals surface area contributed by atoms with Gasteiger partial charge < -0.3 is 9.47 Å². The van der Waals surface area contributed by atoms with Crippen LogP contribution in [0.3, 0.4) is 0 Å². The first-order valence-corrected chi connectivity index (χ1v) is 9.25. The second-order valence-electron chi connectivity index (χ2n) is 6.16. The van der Waals surface area contributed by atoms with Crippen LogP contribution in [0.25, 0.3) is 31.6 Å². The number of halogens is 2. The van der Waals surface area contributed by atoms with Crippen LogP contribution in [0.1, 0.15) is 4.88 Å². The number of rotatable bonds is 5. The fourth-order valence-electron chi connectivity index (χ4n) is 3.24. The maximum absolute atomic E-state index is 14.7. The molecule has 1 aromatic heterocycles. The third-order valence-corrected chi connectivity index (χ3v) is 5.63. The highest BCUT2D eigenvalue weighted by molar-refractivity contribution is 7.20. The summed E-state index contributed by atoms with van der Waals surface area (Å²) < 4.78 is 40.0. The first kappa shape index (κ1) is 18.0. The van der Waals surface area contributed by atoms with Crippen molar-refractivity contribution in [1.29, 1.82) is 0 Å². The number of ether oxygens (including phenoxy) is 2. The number of thiophene rings is 1. The van der Waals surface area contributed by atoms with Crippen LogP contribution in [-0.2, 0) is 16.1 Å². The van der Waals surface area contributed by atoms with Gasteiger partial charge in [0, 0.05) is 43.6 Å². The van der Waals surface area contributed by atoms with E-state index in [1.807, 2.05) is 12.1 Å². The second-order valence-corrected chi connectivity index (χ2v) is 7.30. The molecule has 0 aliphatic heterocycles. The molecule has 0 aliphatic rings. The van der Waals surface area contributed by atoms with Crippen LogP contribution in [0.4, 0.5) is 8.78 Å². The van der Waals surface area contributed by atoms with Crippen molar-refractivity contribution in [3.05, 3.63) is 69.2 Å². The topological polar surface area (TPSA) is 35.5 Å². The average Bonchev–Trinajstić information content (AvgIpc) is 3.06. The van der Waals surface area contributed by atoms with Gasteiger partial charge >= 0.3 is 0 Å². The average molecular weight is 386 g/mol. The predicted molar refractivity (Wildman–Crippen MR) is 105 cm³/mol. The van der Waals surface area contributed by atoms with Gasteiger partial charge in [0.05, 0.1) is 19.8 Å². The predicted octanol–water partition coefficient (Wildman–Crippen LogP) is 5.01. The Kier molecular flexibility index (Phi) is 4.86. The SMILES string of the molecule is COCCOCc1cc2c(s1)c1ccccc1c(=O)c1ccc(F)c(F)c12. The van der Waals surface area contributed by atoms with Crippen LogP contribution in [0.5, 0.6) is 0 Å². The first-order chi connectivity index (χ1) is 13.1. The normalized spacial score (nSPS) is 11.7. The Bertz CT molecular complexity index is 1220. The molecule has 0 saturated heterocycles. The largest absolute Gasteiger partial charge is 0.382 e. The molecule has 138 valence electrons. The smallest absolute Gasteiger partial charge is 0.194 e. The molecule has 0 unspecified atom stereocenters. The summed E-state index contributed by atoms with van der Waals surface area (Å²) >= 11 is 1.42. The fourth-order valence-corrected chi connectivity index (χ4v) is 4.38. The summed E-state index contributed by atoms with van der Waals surface area (Å²) in [6, 6.07) is 11.3. The Balaban J connectivity index is 2.07. The van der Waals surface area contributed by atoms with Gasteiger partial charge in [-0.3, -0.25) is 4.79 Å². The molecular formula is C21H16F2O3S. The summed E-state index contributed by atoms with van der Waals surface area (Å²) in [5.41, 5.74) is -0.305. The van der Waals surface area contributed by atoms with Gasteiger partial charge in [-0.2, -0.15) is 0 Å². The Morgan fingerprint density at radius 3 is 2.52 bits per heavy atom. The van der Waals surface area contributed by atoms with E-state index >= 15 is 0 Å². The van der Waals surface area contributed by atoms with Crippen molar-refractivity contribution >= 4 is 43.0 Å². The van der Waals surface area contributed by atoms with Gasteiger partial charge in [0.1, 0.15) is 0 Å². The van der Waals surface area contributed by atoms with Gasteiger partial charge in [-0.25, -0.2) is 8.78 Å². The van der Waals surface area contributed by atoms with Gasteiger partial charge in [0.2, 0.25) is 0 Å². The molecular weight excluding hydrogens is 370 g/mol. The quantitative estimate of drug-likeness (QED) is 0.453. The Morgan fingerprint density at radius 1 is 0.963 bits per heavy atom. The molecule has 0 aliphatic carbocycles. The summed E-state index contributed by atoms with van der Waals surface area (Å²) in [6.45, 7) is 1.25. The van der Waals surface area contributed by atoms with Gasteiger partial charge in [-0.1, -0.05) is 24.3 Å². The molecule has 0 amide bonds. The van der Waals surface area contributed by atoms with E-state index in [4.69, 9.17) is 9.47 Å². The van der Waals surface area contributed by atoms with E-state index in [1.54, 1.807) is 25.3 Å². The van der Waals surface area contributed by atoms with Crippen molar-refractivity contribution in [2.45, 2.75) is 6.61 Å². The third kappa shape index (κ3) is 3.10. The molecule has 4 aromatic rings. The minimum Gasteiger partial charge on any atom is -0.382 e. The number of methoxy groups -OCH3 is 1. The molecule has 3 aromatic carbocycles. The molecule has 27 heavy (non-hydrogen) atoms. The second kappa shape index (κ2) is 7.31. The molecule has 0 saturated carbocycles. The van der Waals surface area contributed by atoms with E-state index in [1.165, 1.54) is 17.4 Å². The lowest BCUT2D eigenvalue weighted by Gasteiger charge is -2.00. The van der Waals surface area contributed by atoms with E-state index in [-0.39, 0.29) is 16.2 Å². The van der Waals surface area contributed by atoms with E-state index in [0.29, 0.717) is 30.6 Å². The summed E-state index contributed by atoms with van der Waals surface area (Å²) in [5.74, 6) is -1.97. The number of hydrogen-bond acceptors (Lipinski definition) is 4. The monoisotopic (exact) mass is 386 g/mol. The zero-order valence-corrected chi connectivity index (χ0v) is 15.4. The fraction of sp³-hybridized carbons (Fsp3) is 0.190. The molecule has 4 rings (SSSR count). The van der Waals surface area contributed by atoms with E-state index in [2.05, 4.69) is 0 Å². The highest BCUT2D eigenvalue weighted by atomic mass is 32.1. The summed E-state index contributed by atoms with van der Waals surface area (Å²) in [7, 11) is 1.60. The van der Waals surface area contributed by atoms with Gasteiger partial charge in [0.15, 0.2) is 17.1 Å². The molecule has 0 bridgehead atoms. The van der Waals surface area contributed by atoms with Crippen LogP contribution in [0.2, 0.25) is 0 Å². The summed E-state index contributed by atoms with van der Waals surface area (Å²) in [5, 5.41) is 1.92. The molecule has 0 spiro atoms. The van der Waals surface area contributed by atoms with Crippen molar-refractivity contribution < 1.29 is 18.3 Å². The van der Waals surface area contributed by atoms with Crippen molar-refractivity contribution in [2.24, 2.45) is 0 Å². The lowest BCUT2D eigenvalue weighted by Crippen LogP contribution is -2.01. The van der Waals surface area contributed by atoms with Crippen molar-refractivity contribution in [3.8, 4) is 0 Å². The van der Waals surface area contributed by atoms with Crippen LogP contribution in [-0.4, -0.2) is 20.3 Å². The Morgan fingerprint density at radius 2 is 1.74 bits per heavy atom. The zero-order chi connectivity index (χ0) is 19.0. The summed E-state index contributed by atoms with van der Waals surface area (Å²) in [6.07, 6.45) is 0. The van der Waals surface area contributed by atoms with Gasteiger partial charge in [-0.15, -0.1) is 11.3 Å². The Labute approximate surface area is 157 Å². The molecule has 6 heteroatoms. The van der Waals surface area contributed by atoms with Crippen molar-refractivity contribution in [3.63, 3.8) is 0 Å². The highest BCUT2D eigenvalue weighted by Gasteiger charge is 2.17. The van der Waals surface area contributed by atoms with E-state index in [9.17, 15) is 13.6 Å². The molecule has 0 atom stereocenters. The van der Waals surface area contributed by atoms with E-state index < -0.39 is 11.6 Å². The van der Waals surface area contributed by atoms with Crippen LogP contribution in [0, 0.1) is 11.6 Å². The Hall–Kier alpha value is -2.41. The highest BCUT2D eigenvalue weighted by Crippen LogP contribution is 2.36. The first-order valence-electron chi connectivity index (χ1n) is 8.43. The molecule has 3 nitrogen and oxygen atoms in total. The molecule has 0 fully saturated rings. The maximum Gasteiger partial charge on any atom is 0.194 e. The van der Waals surface area contributed by atoms with Gasteiger partial charge in [0.25, 0.3) is 0 Å².